The lowest BCUT2D eigenvalue weighted by Gasteiger charge is -2.26. The molecule has 7 nitrogen and oxygen atoms in total. The van der Waals surface area contributed by atoms with Crippen LogP contribution in [0.15, 0.2) is 0 Å². The maximum absolute atomic E-state index is 11.9. The van der Waals surface area contributed by atoms with E-state index in [4.69, 9.17) is 0 Å². The van der Waals surface area contributed by atoms with Gasteiger partial charge in [-0.2, -0.15) is 0 Å². The van der Waals surface area contributed by atoms with Crippen LogP contribution in [0.5, 0.6) is 0 Å². The van der Waals surface area contributed by atoms with Crippen molar-refractivity contribution in [3.63, 3.8) is 0 Å². The van der Waals surface area contributed by atoms with Gasteiger partial charge in [0.1, 0.15) is 0 Å². The highest BCUT2D eigenvalue weighted by molar-refractivity contribution is 5.98. The standard InChI is InChI=1S/C14H24N4O3/c1-2-17(11-5-6-15-8-11)9-12(19)16-13(20)10-18-7-3-4-14(18)21/h11,15H,2-10H2,1H3,(H,16,19,20). The summed E-state index contributed by atoms with van der Waals surface area (Å²) in [5.41, 5.74) is 0. The molecule has 2 aliphatic rings. The molecule has 0 aliphatic carbocycles. The Morgan fingerprint density at radius 2 is 2.24 bits per heavy atom. The van der Waals surface area contributed by atoms with Gasteiger partial charge in [-0.1, -0.05) is 6.92 Å². The molecule has 0 aromatic heterocycles. The fourth-order valence-corrected chi connectivity index (χ4v) is 2.91. The topological polar surface area (TPSA) is 81.8 Å². The molecule has 1 atom stereocenters. The molecule has 0 aromatic rings. The van der Waals surface area contributed by atoms with Gasteiger partial charge in [-0.25, -0.2) is 0 Å². The molecule has 0 radical (unpaired) electrons. The zero-order chi connectivity index (χ0) is 15.2. The van der Waals surface area contributed by atoms with Gasteiger partial charge in [-0.3, -0.25) is 24.6 Å². The van der Waals surface area contributed by atoms with Gasteiger partial charge in [0.2, 0.25) is 17.7 Å². The number of likely N-dealkylation sites (tertiary alicyclic amines) is 1. The van der Waals surface area contributed by atoms with Gasteiger partial charge in [0.25, 0.3) is 0 Å². The van der Waals surface area contributed by atoms with Gasteiger partial charge in [0.05, 0.1) is 13.1 Å². The summed E-state index contributed by atoms with van der Waals surface area (Å²) in [4.78, 5) is 38.7. The first-order chi connectivity index (χ1) is 10.1. The summed E-state index contributed by atoms with van der Waals surface area (Å²) in [5, 5.41) is 5.65. The molecule has 0 saturated carbocycles. The summed E-state index contributed by atoms with van der Waals surface area (Å²) in [6.07, 6.45) is 2.31. The average molecular weight is 296 g/mol. The predicted molar refractivity (Wildman–Crippen MR) is 77.5 cm³/mol. The first kappa shape index (κ1) is 15.9. The SMILES string of the molecule is CCN(CC(=O)NC(=O)CN1CCCC1=O)C1CCNC1. The number of hydrogen-bond donors (Lipinski definition) is 2. The van der Waals surface area contributed by atoms with Crippen LogP contribution in [0, 0.1) is 0 Å². The number of carbonyl (C=O) groups excluding carboxylic acids is 3. The molecule has 2 rings (SSSR count). The molecule has 2 N–H and O–H groups in total. The highest BCUT2D eigenvalue weighted by Gasteiger charge is 2.25. The fourth-order valence-electron chi connectivity index (χ4n) is 2.91. The molecule has 2 saturated heterocycles. The lowest BCUT2D eigenvalue weighted by atomic mass is 10.2. The third kappa shape index (κ3) is 4.50. The van der Waals surface area contributed by atoms with E-state index in [9.17, 15) is 14.4 Å². The van der Waals surface area contributed by atoms with Gasteiger partial charge in [-0.15, -0.1) is 0 Å². The second-order valence-corrected chi connectivity index (χ2v) is 5.60. The van der Waals surface area contributed by atoms with Crippen molar-refractivity contribution in [2.24, 2.45) is 0 Å². The summed E-state index contributed by atoms with van der Waals surface area (Å²) >= 11 is 0. The Bertz CT molecular complexity index is 407. The van der Waals surface area contributed by atoms with E-state index in [1.165, 1.54) is 4.90 Å². The quantitative estimate of drug-likeness (QED) is 0.653. The minimum absolute atomic E-state index is 0.00943. The summed E-state index contributed by atoms with van der Waals surface area (Å²) in [6, 6.07) is 0.357. The third-order valence-electron chi connectivity index (χ3n) is 4.09. The second kappa shape index (κ2) is 7.51. The molecule has 1 unspecified atom stereocenters. The largest absolute Gasteiger partial charge is 0.333 e. The number of likely N-dealkylation sites (N-methyl/N-ethyl adjacent to an activating group) is 1. The van der Waals surface area contributed by atoms with Crippen LogP contribution in [0.25, 0.3) is 0 Å². The number of carbonyl (C=O) groups is 3. The van der Waals surface area contributed by atoms with E-state index in [-0.39, 0.29) is 24.9 Å². The summed E-state index contributed by atoms with van der Waals surface area (Å²) in [5.74, 6) is -0.693. The zero-order valence-corrected chi connectivity index (χ0v) is 12.6. The van der Waals surface area contributed by atoms with Crippen molar-refractivity contribution < 1.29 is 14.4 Å². The van der Waals surface area contributed by atoms with Crippen LogP contribution in [0.1, 0.15) is 26.2 Å². The maximum Gasteiger partial charge on any atom is 0.246 e. The van der Waals surface area contributed by atoms with Crippen LogP contribution in [-0.2, 0) is 14.4 Å². The first-order valence-corrected chi connectivity index (χ1v) is 7.65. The van der Waals surface area contributed by atoms with E-state index in [1.807, 2.05) is 6.92 Å². The van der Waals surface area contributed by atoms with E-state index in [0.717, 1.165) is 32.5 Å². The summed E-state index contributed by atoms with van der Waals surface area (Å²) in [7, 11) is 0. The number of amides is 3. The van der Waals surface area contributed by atoms with Crippen molar-refractivity contribution in [1.29, 1.82) is 0 Å². The Hall–Kier alpha value is -1.47. The highest BCUT2D eigenvalue weighted by atomic mass is 16.2. The third-order valence-corrected chi connectivity index (χ3v) is 4.09. The molecular weight excluding hydrogens is 272 g/mol. The summed E-state index contributed by atoms with van der Waals surface area (Å²) < 4.78 is 0. The number of nitrogens with one attached hydrogen (secondary N) is 2. The minimum Gasteiger partial charge on any atom is -0.333 e. The highest BCUT2D eigenvalue weighted by Crippen LogP contribution is 2.09. The van der Waals surface area contributed by atoms with E-state index in [0.29, 0.717) is 19.0 Å². The molecule has 7 heteroatoms. The zero-order valence-electron chi connectivity index (χ0n) is 12.6. The van der Waals surface area contributed by atoms with E-state index < -0.39 is 5.91 Å². The Balaban J connectivity index is 1.74. The van der Waals surface area contributed by atoms with Crippen molar-refractivity contribution in [3.8, 4) is 0 Å². The number of imide groups is 1. The van der Waals surface area contributed by atoms with Gasteiger partial charge in [-0.05, 0) is 25.9 Å². The monoisotopic (exact) mass is 296 g/mol. The molecule has 2 aliphatic heterocycles. The van der Waals surface area contributed by atoms with Crippen LogP contribution >= 0.6 is 0 Å². The Morgan fingerprint density at radius 1 is 1.43 bits per heavy atom. The molecule has 0 bridgehead atoms. The minimum atomic E-state index is -0.393. The number of nitrogens with zero attached hydrogens (tertiary/aromatic N) is 2. The maximum atomic E-state index is 11.9. The first-order valence-electron chi connectivity index (χ1n) is 7.65. The molecule has 118 valence electrons. The van der Waals surface area contributed by atoms with E-state index in [2.05, 4.69) is 15.5 Å². The van der Waals surface area contributed by atoms with Crippen LogP contribution in [-0.4, -0.2) is 72.8 Å². The predicted octanol–water partition coefficient (Wildman–Crippen LogP) is -1.06. The van der Waals surface area contributed by atoms with Gasteiger partial charge in [0.15, 0.2) is 0 Å². The molecular formula is C14H24N4O3. The molecule has 3 amide bonds. The van der Waals surface area contributed by atoms with Gasteiger partial charge < -0.3 is 10.2 Å². The van der Waals surface area contributed by atoms with Crippen LogP contribution in [0.4, 0.5) is 0 Å². The van der Waals surface area contributed by atoms with Gasteiger partial charge >= 0.3 is 0 Å². The molecule has 2 heterocycles. The van der Waals surface area contributed by atoms with Crippen LogP contribution in [0.3, 0.4) is 0 Å². The van der Waals surface area contributed by atoms with Crippen molar-refractivity contribution >= 4 is 17.7 Å². The molecule has 21 heavy (non-hydrogen) atoms. The van der Waals surface area contributed by atoms with Crippen molar-refractivity contribution in [3.05, 3.63) is 0 Å². The fraction of sp³-hybridized carbons (Fsp3) is 0.786. The molecule has 2 fully saturated rings. The number of rotatable bonds is 6. The Labute approximate surface area is 125 Å². The second-order valence-electron chi connectivity index (χ2n) is 5.60. The number of hydrogen-bond acceptors (Lipinski definition) is 5. The van der Waals surface area contributed by atoms with Crippen molar-refractivity contribution in [1.82, 2.24) is 20.4 Å². The average Bonchev–Trinajstić information content (AvgIpc) is 3.08. The van der Waals surface area contributed by atoms with Crippen LogP contribution in [0.2, 0.25) is 0 Å². The lowest BCUT2D eigenvalue weighted by molar-refractivity contribution is -0.136. The van der Waals surface area contributed by atoms with Crippen molar-refractivity contribution in [2.75, 3.05) is 39.3 Å². The summed E-state index contributed by atoms with van der Waals surface area (Å²) in [6.45, 7) is 5.46. The molecule has 0 aromatic carbocycles. The van der Waals surface area contributed by atoms with Crippen molar-refractivity contribution in [2.45, 2.75) is 32.2 Å². The van der Waals surface area contributed by atoms with Gasteiger partial charge in [0, 0.05) is 25.6 Å². The Kier molecular flexibility index (Phi) is 5.69. The molecule has 0 spiro atoms. The van der Waals surface area contributed by atoms with E-state index >= 15 is 0 Å². The smallest absolute Gasteiger partial charge is 0.246 e. The Morgan fingerprint density at radius 3 is 2.81 bits per heavy atom. The lowest BCUT2D eigenvalue weighted by Crippen LogP contribution is -2.47. The normalized spacial score (nSPS) is 22.1. The van der Waals surface area contributed by atoms with E-state index in [1.54, 1.807) is 0 Å². The van der Waals surface area contributed by atoms with Crippen LogP contribution < -0.4 is 10.6 Å².